The number of ether oxygens (including phenoxy) is 1. The largest absolute Gasteiger partial charge is 0.406 e. The van der Waals surface area contributed by atoms with Crippen molar-refractivity contribution in [1.29, 1.82) is 0 Å². The highest BCUT2D eigenvalue weighted by atomic mass is 28.4. The molecule has 1 N–H and O–H groups in total. The molecule has 3 atom stereocenters. The summed E-state index contributed by atoms with van der Waals surface area (Å²) >= 11 is 0. The number of hydrogen-bond donors (Lipinski definition) is 1. The maximum absolute atomic E-state index is 13.2. The van der Waals surface area contributed by atoms with Crippen LogP contribution in [0.4, 0.5) is 0 Å². The first-order valence-corrected chi connectivity index (χ1v) is 23.3. The van der Waals surface area contributed by atoms with Gasteiger partial charge in [-0.15, -0.1) is 0 Å². The van der Waals surface area contributed by atoms with E-state index in [1.165, 1.54) is 47.2 Å². The normalized spacial score (nSPS) is 24.0. The molecule has 0 saturated carbocycles. The van der Waals surface area contributed by atoms with Crippen LogP contribution in [0.1, 0.15) is 90.2 Å². The van der Waals surface area contributed by atoms with Crippen molar-refractivity contribution in [2.24, 2.45) is 7.05 Å². The molecule has 57 heavy (non-hydrogen) atoms. The number of imide groups is 1. The van der Waals surface area contributed by atoms with E-state index in [-0.39, 0.29) is 28.6 Å². The second-order valence-corrected chi connectivity index (χ2v) is 22.4. The molecule has 8 rings (SSSR count). The fraction of sp³-hybridized carbons (Fsp3) is 0.543. The summed E-state index contributed by atoms with van der Waals surface area (Å²) in [5.41, 5.74) is 2.55. The number of fused-ring (bicyclic) bond motifs is 2. The summed E-state index contributed by atoms with van der Waals surface area (Å²) in [5, 5.41) is 5.08. The molecule has 1 unspecified atom stereocenters. The van der Waals surface area contributed by atoms with Gasteiger partial charge in [-0.2, -0.15) is 0 Å². The third kappa shape index (κ3) is 7.74. The number of nitrogens with one attached hydrogen (secondary N) is 1. The van der Waals surface area contributed by atoms with Gasteiger partial charge in [0.2, 0.25) is 11.8 Å². The Morgan fingerprint density at radius 2 is 1.54 bits per heavy atom. The quantitative estimate of drug-likeness (QED) is 0.112. The van der Waals surface area contributed by atoms with Gasteiger partial charge in [-0.1, -0.05) is 87.5 Å². The van der Waals surface area contributed by atoms with E-state index in [9.17, 15) is 14.4 Å². The molecular formula is C46H61N5O5Si. The molecule has 4 aliphatic heterocycles. The first-order chi connectivity index (χ1) is 27.5. The Kier molecular flexibility index (Phi) is 11.5. The Bertz CT molecular complexity index is 2060. The predicted molar refractivity (Wildman–Crippen MR) is 228 cm³/mol. The minimum Gasteiger partial charge on any atom is -0.406 e. The van der Waals surface area contributed by atoms with Crippen LogP contribution in [-0.2, 0) is 32.2 Å². The number of rotatable bonds is 13. The van der Waals surface area contributed by atoms with Crippen molar-refractivity contribution in [1.82, 2.24) is 24.3 Å². The number of imidazole rings is 1. The molecular weight excluding hydrogens is 731 g/mol. The van der Waals surface area contributed by atoms with Crippen molar-refractivity contribution >= 4 is 41.5 Å². The molecule has 5 heterocycles. The lowest BCUT2D eigenvalue weighted by atomic mass is 9.95. The predicted octanol–water partition coefficient (Wildman–Crippen LogP) is 5.30. The lowest BCUT2D eigenvalue weighted by Crippen LogP contribution is -2.68. The van der Waals surface area contributed by atoms with Crippen LogP contribution in [0, 0.1) is 0 Å². The Balaban J connectivity index is 0.830. The average Bonchev–Trinajstić information content (AvgIpc) is 3.85. The Morgan fingerprint density at radius 3 is 2.21 bits per heavy atom. The first-order valence-electron chi connectivity index (χ1n) is 21.4. The summed E-state index contributed by atoms with van der Waals surface area (Å²) in [4.78, 5) is 42.9. The Hall–Kier alpha value is -3.87. The molecule has 0 radical (unpaired) electrons. The number of likely N-dealkylation sites (tertiary alicyclic amines) is 1. The SMILES string of the molecule is Cn1c(=O)n(C2CCC(=O)NC2=O)c2ccc(CCCOC3CCN(C[C@@H]4CC[C@]5(CO[Si](c6ccccc6)(c6ccccc6)C(C)(C)C)CCCN45)CC3)cc21. The van der Waals surface area contributed by atoms with Gasteiger partial charge in [0.1, 0.15) is 6.04 Å². The Morgan fingerprint density at radius 1 is 0.842 bits per heavy atom. The van der Waals surface area contributed by atoms with Gasteiger partial charge < -0.3 is 14.1 Å². The van der Waals surface area contributed by atoms with Gasteiger partial charge in [0, 0.05) is 51.3 Å². The number of nitrogens with zero attached hydrogens (tertiary/aromatic N) is 4. The zero-order chi connectivity index (χ0) is 39.8. The zero-order valence-electron chi connectivity index (χ0n) is 34.4. The van der Waals surface area contributed by atoms with Crippen molar-refractivity contribution in [3.05, 3.63) is 94.9 Å². The van der Waals surface area contributed by atoms with E-state index >= 15 is 0 Å². The molecule has 3 aromatic carbocycles. The van der Waals surface area contributed by atoms with Crippen LogP contribution in [0.25, 0.3) is 11.0 Å². The molecule has 4 saturated heterocycles. The number of carbonyl (C=O) groups is 2. The van der Waals surface area contributed by atoms with E-state index in [1.807, 2.05) is 12.1 Å². The average molecular weight is 792 g/mol. The lowest BCUT2D eigenvalue weighted by Gasteiger charge is -2.46. The Labute approximate surface area is 338 Å². The summed E-state index contributed by atoms with van der Waals surface area (Å²) in [7, 11) is -0.854. The molecule has 2 amide bonds. The van der Waals surface area contributed by atoms with Gasteiger partial charge in [-0.3, -0.25) is 28.9 Å². The number of aryl methyl sites for hydroxylation is 2. The van der Waals surface area contributed by atoms with Crippen LogP contribution in [0.2, 0.25) is 5.04 Å². The summed E-state index contributed by atoms with van der Waals surface area (Å²) in [6.07, 6.45) is 9.67. The second-order valence-electron chi connectivity index (χ2n) is 18.1. The van der Waals surface area contributed by atoms with Crippen LogP contribution >= 0.6 is 0 Å². The highest BCUT2D eigenvalue weighted by Gasteiger charge is 2.55. The molecule has 4 aromatic rings. The van der Waals surface area contributed by atoms with Gasteiger partial charge >= 0.3 is 5.69 Å². The van der Waals surface area contributed by atoms with E-state index in [0.717, 1.165) is 68.5 Å². The first kappa shape index (κ1) is 39.9. The van der Waals surface area contributed by atoms with E-state index < -0.39 is 20.3 Å². The fourth-order valence-corrected chi connectivity index (χ4v) is 15.3. The van der Waals surface area contributed by atoms with E-state index in [1.54, 1.807) is 11.6 Å². The molecule has 0 bridgehead atoms. The molecule has 0 spiro atoms. The van der Waals surface area contributed by atoms with Crippen LogP contribution in [0.15, 0.2) is 83.7 Å². The molecule has 1 aromatic heterocycles. The van der Waals surface area contributed by atoms with Crippen LogP contribution in [0.5, 0.6) is 0 Å². The lowest BCUT2D eigenvalue weighted by molar-refractivity contribution is -0.135. The van der Waals surface area contributed by atoms with Gasteiger partial charge in [-0.25, -0.2) is 4.79 Å². The fourth-order valence-electron chi connectivity index (χ4n) is 10.7. The minimum absolute atomic E-state index is 0.0239. The van der Waals surface area contributed by atoms with Gasteiger partial charge in [0.25, 0.3) is 8.32 Å². The van der Waals surface area contributed by atoms with Crippen molar-refractivity contribution in [2.75, 3.05) is 39.4 Å². The monoisotopic (exact) mass is 791 g/mol. The van der Waals surface area contributed by atoms with Gasteiger partial charge in [0.05, 0.1) is 23.7 Å². The smallest absolute Gasteiger partial charge is 0.329 e. The van der Waals surface area contributed by atoms with Crippen LogP contribution in [0.3, 0.4) is 0 Å². The molecule has 0 aliphatic carbocycles. The minimum atomic E-state index is -2.60. The topological polar surface area (TPSA) is 98.0 Å². The highest BCUT2D eigenvalue weighted by Crippen LogP contribution is 2.45. The third-order valence-corrected chi connectivity index (χ3v) is 18.6. The van der Waals surface area contributed by atoms with Crippen molar-refractivity contribution < 1.29 is 18.8 Å². The number of piperidine rings is 2. The van der Waals surface area contributed by atoms with Crippen molar-refractivity contribution in [3.8, 4) is 0 Å². The summed E-state index contributed by atoms with van der Waals surface area (Å²) in [6, 6.07) is 28.1. The molecule has 304 valence electrons. The zero-order valence-corrected chi connectivity index (χ0v) is 35.4. The highest BCUT2D eigenvalue weighted by molar-refractivity contribution is 6.99. The summed E-state index contributed by atoms with van der Waals surface area (Å²) < 4.78 is 17.1. The molecule has 10 nitrogen and oxygen atoms in total. The van der Waals surface area contributed by atoms with Crippen molar-refractivity contribution in [2.45, 2.75) is 114 Å². The summed E-state index contributed by atoms with van der Waals surface area (Å²) in [6.45, 7) is 13.1. The van der Waals surface area contributed by atoms with Crippen molar-refractivity contribution in [3.63, 3.8) is 0 Å². The van der Waals surface area contributed by atoms with Gasteiger partial charge in [-0.05, 0) is 97.4 Å². The molecule has 11 heteroatoms. The van der Waals surface area contributed by atoms with E-state index in [4.69, 9.17) is 9.16 Å². The number of hydrogen-bond acceptors (Lipinski definition) is 7. The molecule has 4 aliphatic rings. The van der Waals surface area contributed by atoms with Crippen LogP contribution < -0.4 is 21.4 Å². The van der Waals surface area contributed by atoms with E-state index in [2.05, 4.69) is 103 Å². The summed E-state index contributed by atoms with van der Waals surface area (Å²) in [5.74, 6) is -0.695. The number of aromatic nitrogens is 2. The third-order valence-electron chi connectivity index (χ3n) is 13.7. The molecule has 4 fully saturated rings. The van der Waals surface area contributed by atoms with E-state index in [0.29, 0.717) is 25.2 Å². The number of carbonyl (C=O) groups excluding carboxylic acids is 2. The maximum atomic E-state index is 13.2. The maximum Gasteiger partial charge on any atom is 0.329 e. The van der Waals surface area contributed by atoms with Crippen LogP contribution in [-0.4, -0.2) is 96.1 Å². The second kappa shape index (κ2) is 16.4. The van der Waals surface area contributed by atoms with Gasteiger partial charge in [0.15, 0.2) is 0 Å². The number of amides is 2. The standard InChI is InChI=1S/C46H61N5O5Si/c1-45(2,3)57(37-14-7-5-8-15-37,38-16-9-6-10-17-38)56-33-46-25-12-27-50(46)35(22-26-46)32-49-28-23-36(24-29-49)55-30-11-13-34-18-19-39-41(31-34)48(4)44(54)51(39)40-20-21-42(52)47-43(40)53/h5-10,14-19,31,35-36,40H,11-13,20-30,32-33H2,1-4H3,(H,47,52,53)/t35-,40?,46-/m0/s1. The number of benzene rings is 3.